The summed E-state index contributed by atoms with van der Waals surface area (Å²) < 4.78 is 7.28. The van der Waals surface area contributed by atoms with E-state index >= 15 is 0 Å². The summed E-state index contributed by atoms with van der Waals surface area (Å²) in [6.07, 6.45) is 2.65. The van der Waals surface area contributed by atoms with Crippen LogP contribution in [0, 0.1) is 0 Å². The van der Waals surface area contributed by atoms with Gasteiger partial charge < -0.3 is 15.2 Å². The van der Waals surface area contributed by atoms with Crippen molar-refractivity contribution in [1.82, 2.24) is 19.7 Å². The number of hydrogen-bond acceptors (Lipinski definition) is 6. The molecule has 0 spiro atoms. The van der Waals surface area contributed by atoms with E-state index in [0.717, 1.165) is 11.1 Å². The quantitative estimate of drug-likeness (QED) is 0.505. The molecule has 152 valence electrons. The first-order valence-corrected chi connectivity index (χ1v) is 9.40. The van der Waals surface area contributed by atoms with E-state index in [2.05, 4.69) is 20.4 Å². The minimum absolute atomic E-state index is 0.0604. The SMILES string of the molecule is CC(C)(C)Nc1nc(-n2cc(C(=O)O)cn2)nc2cc(Oc3ccccc3)ccc12. The van der Waals surface area contributed by atoms with Gasteiger partial charge >= 0.3 is 5.97 Å². The van der Waals surface area contributed by atoms with Crippen molar-refractivity contribution in [2.24, 2.45) is 0 Å². The molecule has 8 nitrogen and oxygen atoms in total. The zero-order chi connectivity index (χ0) is 21.3. The van der Waals surface area contributed by atoms with Gasteiger partial charge in [-0.2, -0.15) is 10.1 Å². The summed E-state index contributed by atoms with van der Waals surface area (Å²) in [6, 6.07) is 15.1. The third-order valence-corrected chi connectivity index (χ3v) is 4.16. The fourth-order valence-electron chi connectivity index (χ4n) is 2.88. The second-order valence-corrected chi connectivity index (χ2v) is 7.82. The zero-order valence-corrected chi connectivity index (χ0v) is 16.8. The molecule has 0 fully saturated rings. The number of para-hydroxylation sites is 1. The van der Waals surface area contributed by atoms with Crippen LogP contribution in [0.1, 0.15) is 31.1 Å². The molecular formula is C22H21N5O3. The van der Waals surface area contributed by atoms with Crippen LogP contribution in [0.3, 0.4) is 0 Å². The largest absolute Gasteiger partial charge is 0.478 e. The Morgan fingerprint density at radius 3 is 2.50 bits per heavy atom. The van der Waals surface area contributed by atoms with Gasteiger partial charge in [0.2, 0.25) is 0 Å². The summed E-state index contributed by atoms with van der Waals surface area (Å²) in [5.41, 5.74) is 0.464. The molecule has 0 unspecified atom stereocenters. The lowest BCUT2D eigenvalue weighted by Gasteiger charge is -2.22. The Morgan fingerprint density at radius 2 is 1.83 bits per heavy atom. The molecule has 0 aliphatic rings. The average molecular weight is 403 g/mol. The maximum absolute atomic E-state index is 11.2. The number of rotatable bonds is 5. The highest BCUT2D eigenvalue weighted by Gasteiger charge is 2.17. The lowest BCUT2D eigenvalue weighted by atomic mass is 10.1. The topological polar surface area (TPSA) is 102 Å². The van der Waals surface area contributed by atoms with Crippen molar-refractivity contribution in [2.75, 3.05) is 5.32 Å². The number of nitrogens with zero attached hydrogens (tertiary/aromatic N) is 4. The Hall–Kier alpha value is -3.94. The van der Waals surface area contributed by atoms with Gasteiger partial charge in [0, 0.05) is 23.2 Å². The second kappa shape index (κ2) is 7.47. The van der Waals surface area contributed by atoms with Crippen LogP contribution in [0.5, 0.6) is 11.5 Å². The number of hydrogen-bond donors (Lipinski definition) is 2. The summed E-state index contributed by atoms with van der Waals surface area (Å²) in [5, 5.41) is 17.5. The van der Waals surface area contributed by atoms with Gasteiger partial charge in [-0.05, 0) is 45.0 Å². The van der Waals surface area contributed by atoms with Gasteiger partial charge in [0.05, 0.1) is 17.3 Å². The van der Waals surface area contributed by atoms with Crippen LogP contribution in [0.25, 0.3) is 16.9 Å². The number of benzene rings is 2. The molecule has 2 aromatic carbocycles. The number of aromatic carboxylic acids is 1. The highest BCUT2D eigenvalue weighted by atomic mass is 16.5. The Kier molecular flexibility index (Phi) is 4.83. The lowest BCUT2D eigenvalue weighted by Crippen LogP contribution is -2.27. The number of carbonyl (C=O) groups is 1. The second-order valence-electron chi connectivity index (χ2n) is 7.82. The summed E-state index contributed by atoms with van der Waals surface area (Å²) in [7, 11) is 0. The van der Waals surface area contributed by atoms with Gasteiger partial charge in [-0.3, -0.25) is 0 Å². The van der Waals surface area contributed by atoms with Crippen LogP contribution in [0.15, 0.2) is 60.9 Å². The van der Waals surface area contributed by atoms with Gasteiger partial charge in [0.1, 0.15) is 17.3 Å². The number of carboxylic acids is 1. The molecular weight excluding hydrogens is 382 g/mol. The predicted molar refractivity (Wildman–Crippen MR) is 114 cm³/mol. The molecule has 4 aromatic rings. The number of anilines is 1. The van der Waals surface area contributed by atoms with Crippen LogP contribution < -0.4 is 10.1 Å². The Morgan fingerprint density at radius 1 is 1.07 bits per heavy atom. The number of carboxylic acid groups (broad SMARTS) is 1. The van der Waals surface area contributed by atoms with Gasteiger partial charge in [-0.25, -0.2) is 14.5 Å². The molecule has 30 heavy (non-hydrogen) atoms. The van der Waals surface area contributed by atoms with Crippen molar-refractivity contribution in [3.05, 3.63) is 66.5 Å². The van der Waals surface area contributed by atoms with E-state index in [4.69, 9.17) is 4.74 Å². The molecule has 0 bridgehead atoms. The first-order valence-electron chi connectivity index (χ1n) is 9.40. The van der Waals surface area contributed by atoms with E-state index in [1.165, 1.54) is 17.1 Å². The normalized spacial score (nSPS) is 11.4. The predicted octanol–water partition coefficient (Wildman–Crippen LogP) is 4.52. The van der Waals surface area contributed by atoms with Crippen molar-refractivity contribution < 1.29 is 14.6 Å². The molecule has 2 heterocycles. The molecule has 8 heteroatoms. The Bertz CT molecular complexity index is 1210. The van der Waals surface area contributed by atoms with Crippen LogP contribution in [-0.4, -0.2) is 36.4 Å². The Labute approximate surface area is 173 Å². The molecule has 0 radical (unpaired) electrons. The lowest BCUT2D eigenvalue weighted by molar-refractivity contribution is 0.0697. The van der Waals surface area contributed by atoms with Gasteiger partial charge in [-0.1, -0.05) is 18.2 Å². The first-order chi connectivity index (χ1) is 14.3. The average Bonchev–Trinajstić information content (AvgIpc) is 3.18. The molecule has 0 aliphatic heterocycles. The van der Waals surface area contributed by atoms with Crippen molar-refractivity contribution in [2.45, 2.75) is 26.3 Å². The van der Waals surface area contributed by atoms with E-state index in [1.54, 1.807) is 0 Å². The van der Waals surface area contributed by atoms with Crippen LogP contribution >= 0.6 is 0 Å². The molecule has 0 saturated heterocycles. The summed E-state index contributed by atoms with van der Waals surface area (Å²) in [6.45, 7) is 6.10. The number of aromatic nitrogens is 4. The molecule has 2 N–H and O–H groups in total. The number of ether oxygens (including phenoxy) is 1. The van der Waals surface area contributed by atoms with E-state index in [0.29, 0.717) is 17.1 Å². The molecule has 0 atom stereocenters. The van der Waals surface area contributed by atoms with Gasteiger partial charge in [0.15, 0.2) is 0 Å². The van der Waals surface area contributed by atoms with E-state index in [9.17, 15) is 9.90 Å². The van der Waals surface area contributed by atoms with Crippen molar-refractivity contribution in [3.8, 4) is 17.4 Å². The fraction of sp³-hybridized carbons (Fsp3) is 0.182. The fourth-order valence-corrected chi connectivity index (χ4v) is 2.88. The van der Waals surface area contributed by atoms with E-state index < -0.39 is 5.97 Å². The van der Waals surface area contributed by atoms with Gasteiger partial charge in [0.25, 0.3) is 5.95 Å². The number of fused-ring (bicyclic) bond motifs is 1. The van der Waals surface area contributed by atoms with Crippen LogP contribution in [0.2, 0.25) is 0 Å². The summed E-state index contributed by atoms with van der Waals surface area (Å²) >= 11 is 0. The minimum Gasteiger partial charge on any atom is -0.478 e. The van der Waals surface area contributed by atoms with E-state index in [-0.39, 0.29) is 17.1 Å². The highest BCUT2D eigenvalue weighted by Crippen LogP contribution is 2.29. The zero-order valence-electron chi connectivity index (χ0n) is 16.8. The Balaban J connectivity index is 1.81. The minimum atomic E-state index is -1.06. The maximum atomic E-state index is 11.2. The van der Waals surface area contributed by atoms with E-state index in [1.807, 2.05) is 69.3 Å². The molecule has 4 rings (SSSR count). The van der Waals surface area contributed by atoms with Crippen LogP contribution in [-0.2, 0) is 0 Å². The van der Waals surface area contributed by atoms with Crippen molar-refractivity contribution >= 4 is 22.7 Å². The summed E-state index contributed by atoms with van der Waals surface area (Å²) in [5.74, 6) is 1.18. The van der Waals surface area contributed by atoms with Gasteiger partial charge in [-0.15, -0.1) is 0 Å². The van der Waals surface area contributed by atoms with Crippen molar-refractivity contribution in [3.63, 3.8) is 0 Å². The summed E-state index contributed by atoms with van der Waals surface area (Å²) in [4.78, 5) is 20.4. The smallest absolute Gasteiger partial charge is 0.338 e. The monoisotopic (exact) mass is 403 g/mol. The molecule has 2 aromatic heterocycles. The maximum Gasteiger partial charge on any atom is 0.338 e. The van der Waals surface area contributed by atoms with Crippen molar-refractivity contribution in [1.29, 1.82) is 0 Å². The molecule has 0 saturated carbocycles. The molecule has 0 amide bonds. The van der Waals surface area contributed by atoms with Crippen LogP contribution in [0.4, 0.5) is 5.82 Å². The number of nitrogens with one attached hydrogen (secondary N) is 1. The standard InChI is InChI=1S/C22H21N5O3/c1-22(2,3)26-19-17-10-9-16(30-15-7-5-4-6-8-15)11-18(17)24-21(25-19)27-13-14(12-23-27)20(28)29/h4-13H,1-3H3,(H,28,29)(H,24,25,26). The third kappa shape index (κ3) is 4.22. The molecule has 0 aliphatic carbocycles. The third-order valence-electron chi connectivity index (χ3n) is 4.16. The first kappa shape index (κ1) is 19.4. The highest BCUT2D eigenvalue weighted by molar-refractivity contribution is 5.91.